The van der Waals surface area contributed by atoms with Gasteiger partial charge in [-0.25, -0.2) is 9.50 Å². The largest absolute Gasteiger partial charge is 0.300 e. The second-order valence-corrected chi connectivity index (χ2v) is 2.80. The molecule has 0 bridgehead atoms. The molecule has 2 heterocycles. The van der Waals surface area contributed by atoms with Gasteiger partial charge in [0.2, 0.25) is 0 Å². The molecule has 1 aromatic heterocycles. The summed E-state index contributed by atoms with van der Waals surface area (Å²) in [5.74, 6) is 0. The van der Waals surface area contributed by atoms with Gasteiger partial charge in [-0.15, -0.1) is 12.4 Å². The molecule has 0 aromatic carbocycles. The van der Waals surface area contributed by atoms with Gasteiger partial charge in [0.05, 0.1) is 5.69 Å². The van der Waals surface area contributed by atoms with Crippen molar-refractivity contribution in [2.45, 2.75) is 0 Å². The minimum Gasteiger partial charge on any atom is -0.300 e. The number of rotatable bonds is 0. The zero-order valence-electron chi connectivity index (χ0n) is 6.77. The molecular formula is C9H8ClN3. The summed E-state index contributed by atoms with van der Waals surface area (Å²) in [6, 6.07) is 8.03. The van der Waals surface area contributed by atoms with E-state index in [-0.39, 0.29) is 12.4 Å². The smallest absolute Gasteiger partial charge is 0.153 e. The molecule has 1 N–H and O–H groups in total. The number of H-pyrrole nitrogens is 1. The maximum atomic E-state index is 4.43. The van der Waals surface area contributed by atoms with Crippen LogP contribution < -0.4 is 0 Å². The highest BCUT2D eigenvalue weighted by Gasteiger charge is 2.04. The van der Waals surface area contributed by atoms with Crippen molar-refractivity contribution in [3.8, 4) is 11.3 Å². The van der Waals surface area contributed by atoms with Gasteiger partial charge in [-0.2, -0.15) is 0 Å². The maximum Gasteiger partial charge on any atom is 0.153 e. The molecule has 0 saturated heterocycles. The van der Waals surface area contributed by atoms with Gasteiger partial charge in [0.25, 0.3) is 0 Å². The monoisotopic (exact) mass is 193 g/mol. The van der Waals surface area contributed by atoms with Crippen molar-refractivity contribution < 1.29 is 0 Å². The number of nitrogens with one attached hydrogen (secondary N) is 1. The molecule has 1 aromatic rings. The Morgan fingerprint density at radius 2 is 2.15 bits per heavy atom. The molecule has 66 valence electrons. The zero-order valence-corrected chi connectivity index (χ0v) is 7.58. The van der Waals surface area contributed by atoms with Crippen molar-refractivity contribution in [3.63, 3.8) is 0 Å². The second-order valence-electron chi connectivity index (χ2n) is 2.80. The summed E-state index contributed by atoms with van der Waals surface area (Å²) in [5.41, 5.74) is 3.17. The Morgan fingerprint density at radius 1 is 1.23 bits per heavy atom. The van der Waals surface area contributed by atoms with E-state index in [4.69, 9.17) is 0 Å². The Labute approximate surface area is 81.1 Å². The number of aromatic amines is 1. The van der Waals surface area contributed by atoms with Gasteiger partial charge in [-0.1, -0.05) is 12.1 Å². The summed E-state index contributed by atoms with van der Waals surface area (Å²) < 4.78 is 1.91. The highest BCUT2D eigenvalue weighted by Crippen LogP contribution is 2.20. The Kier molecular flexibility index (Phi) is 1.74. The lowest BCUT2D eigenvalue weighted by Gasteiger charge is -1.98. The molecule has 3 nitrogen and oxygen atoms in total. The van der Waals surface area contributed by atoms with Crippen molar-refractivity contribution in [2.24, 2.45) is 0 Å². The van der Waals surface area contributed by atoms with E-state index >= 15 is 0 Å². The van der Waals surface area contributed by atoms with Gasteiger partial charge in [0.15, 0.2) is 5.65 Å². The molecule has 0 atom stereocenters. The van der Waals surface area contributed by atoms with E-state index in [0.717, 1.165) is 16.9 Å². The predicted molar refractivity (Wildman–Crippen MR) is 53.4 cm³/mol. The fourth-order valence-corrected chi connectivity index (χ4v) is 1.43. The number of nitrogens with zero attached hydrogens (tertiary/aromatic N) is 2. The molecule has 0 unspecified atom stereocenters. The fraction of sp³-hybridized carbons (Fsp3) is 0. The SMILES string of the molecule is Cl.c1cc2cn3[nH]ccc3nc-2c1. The van der Waals surface area contributed by atoms with E-state index in [9.17, 15) is 0 Å². The Morgan fingerprint density at radius 3 is 3.08 bits per heavy atom. The fourth-order valence-electron chi connectivity index (χ4n) is 1.43. The third-order valence-electron chi connectivity index (χ3n) is 2.02. The quantitative estimate of drug-likeness (QED) is 0.583. The average molecular weight is 194 g/mol. The van der Waals surface area contributed by atoms with Gasteiger partial charge in [-0.3, -0.25) is 0 Å². The Bertz CT molecular complexity index is 454. The van der Waals surface area contributed by atoms with Crippen molar-refractivity contribution in [2.75, 3.05) is 0 Å². The summed E-state index contributed by atoms with van der Waals surface area (Å²) in [6.45, 7) is 0. The number of hydrogen-bond donors (Lipinski definition) is 1. The summed E-state index contributed by atoms with van der Waals surface area (Å²) in [5, 5.41) is 3.06. The van der Waals surface area contributed by atoms with Crippen LogP contribution in [0.25, 0.3) is 16.9 Å². The number of hydrogen-bond acceptors (Lipinski definition) is 1. The first-order valence-corrected chi connectivity index (χ1v) is 3.85. The lowest BCUT2D eigenvalue weighted by Crippen LogP contribution is -1.91. The molecule has 1 aliphatic heterocycles. The normalized spacial score (nSPS) is 10.5. The third-order valence-corrected chi connectivity index (χ3v) is 2.02. The highest BCUT2D eigenvalue weighted by atomic mass is 35.5. The van der Waals surface area contributed by atoms with Crippen LogP contribution in [0.1, 0.15) is 0 Å². The van der Waals surface area contributed by atoms with Gasteiger partial charge in [0.1, 0.15) is 0 Å². The van der Waals surface area contributed by atoms with Crippen LogP contribution in [0.5, 0.6) is 0 Å². The summed E-state index contributed by atoms with van der Waals surface area (Å²) in [6.07, 6.45) is 3.92. The van der Waals surface area contributed by atoms with Crippen LogP contribution in [-0.2, 0) is 0 Å². The predicted octanol–water partition coefficient (Wildman–Crippen LogP) is 2.19. The molecule has 0 radical (unpaired) electrons. The molecule has 0 amide bonds. The minimum atomic E-state index is 0. The molecule has 0 spiro atoms. The first-order chi connectivity index (χ1) is 5.93. The molecule has 0 saturated carbocycles. The molecule has 4 heteroatoms. The van der Waals surface area contributed by atoms with Crippen LogP contribution in [0.15, 0.2) is 36.7 Å². The van der Waals surface area contributed by atoms with E-state index in [2.05, 4.69) is 16.1 Å². The average Bonchev–Trinajstić information content (AvgIpc) is 2.64. The summed E-state index contributed by atoms with van der Waals surface area (Å²) >= 11 is 0. The van der Waals surface area contributed by atoms with Gasteiger partial charge in [0, 0.05) is 24.0 Å². The molecule has 13 heavy (non-hydrogen) atoms. The van der Waals surface area contributed by atoms with Crippen molar-refractivity contribution in [3.05, 3.63) is 36.7 Å². The second kappa shape index (κ2) is 2.78. The first kappa shape index (κ1) is 8.13. The van der Waals surface area contributed by atoms with Crippen LogP contribution in [0.2, 0.25) is 0 Å². The van der Waals surface area contributed by atoms with Gasteiger partial charge < -0.3 is 5.10 Å². The lowest BCUT2D eigenvalue weighted by molar-refractivity contribution is 0.942. The number of fused-ring (bicyclic) bond motifs is 2. The van der Waals surface area contributed by atoms with E-state index in [1.165, 1.54) is 0 Å². The molecule has 0 fully saturated rings. The minimum absolute atomic E-state index is 0. The lowest BCUT2D eigenvalue weighted by atomic mass is 10.3. The van der Waals surface area contributed by atoms with Crippen molar-refractivity contribution >= 4 is 18.1 Å². The standard InChI is InChI=1S/C9H7N3.ClH/c1-2-7-6-12-9(4-5-10-12)11-8(7)3-1;/h1-6,10H;1H. The topological polar surface area (TPSA) is 33.1 Å². The summed E-state index contributed by atoms with van der Waals surface area (Å²) in [4.78, 5) is 4.43. The molecular weight excluding hydrogens is 186 g/mol. The summed E-state index contributed by atoms with van der Waals surface area (Å²) in [7, 11) is 0. The molecule has 2 aliphatic rings. The van der Waals surface area contributed by atoms with Crippen LogP contribution in [0.4, 0.5) is 0 Å². The molecule has 3 rings (SSSR count). The number of halogens is 1. The van der Waals surface area contributed by atoms with E-state index in [1.54, 1.807) is 0 Å². The first-order valence-electron chi connectivity index (χ1n) is 3.85. The van der Waals surface area contributed by atoms with E-state index in [0.29, 0.717) is 0 Å². The van der Waals surface area contributed by atoms with Gasteiger partial charge >= 0.3 is 0 Å². The highest BCUT2D eigenvalue weighted by molar-refractivity contribution is 5.85. The zero-order chi connectivity index (χ0) is 7.97. The Hall–Kier alpha value is -1.48. The maximum absolute atomic E-state index is 4.43. The number of aromatic nitrogens is 3. The van der Waals surface area contributed by atoms with Crippen LogP contribution >= 0.6 is 12.4 Å². The molecule has 1 aliphatic carbocycles. The Balaban J connectivity index is 0.000000653. The van der Waals surface area contributed by atoms with Gasteiger partial charge in [-0.05, 0) is 6.07 Å². The van der Waals surface area contributed by atoms with E-state index in [1.807, 2.05) is 35.1 Å². The van der Waals surface area contributed by atoms with Crippen LogP contribution in [-0.4, -0.2) is 14.6 Å². The van der Waals surface area contributed by atoms with E-state index < -0.39 is 0 Å². The van der Waals surface area contributed by atoms with Crippen molar-refractivity contribution in [1.82, 2.24) is 14.6 Å². The van der Waals surface area contributed by atoms with Crippen molar-refractivity contribution in [1.29, 1.82) is 0 Å². The van der Waals surface area contributed by atoms with Crippen LogP contribution in [0.3, 0.4) is 0 Å². The van der Waals surface area contributed by atoms with Crippen LogP contribution in [0, 0.1) is 0 Å². The third kappa shape index (κ3) is 1.09.